The van der Waals surface area contributed by atoms with Crippen molar-refractivity contribution in [2.24, 2.45) is 0 Å². The third-order valence-corrected chi connectivity index (χ3v) is 8.35. The van der Waals surface area contributed by atoms with E-state index in [4.69, 9.17) is 11.6 Å². The zero-order valence-corrected chi connectivity index (χ0v) is 23.3. The molecule has 1 fully saturated rings. The van der Waals surface area contributed by atoms with Gasteiger partial charge in [0.2, 0.25) is 11.8 Å². The molecular formula is C31H33ClF2N2O2S. The third-order valence-electron chi connectivity index (χ3n) is 7.05. The minimum Gasteiger partial charge on any atom is -0.352 e. The molecule has 0 unspecified atom stereocenters. The zero-order valence-electron chi connectivity index (χ0n) is 21.8. The highest BCUT2D eigenvalue weighted by molar-refractivity contribution is 7.99. The average molecular weight is 571 g/mol. The molecule has 8 heteroatoms. The van der Waals surface area contributed by atoms with Gasteiger partial charge in [-0.1, -0.05) is 85.5 Å². The van der Waals surface area contributed by atoms with Crippen molar-refractivity contribution in [2.45, 2.75) is 62.9 Å². The topological polar surface area (TPSA) is 49.4 Å². The number of carbonyl (C=O) groups excluding carboxylic acids is 2. The second-order valence-electron chi connectivity index (χ2n) is 9.86. The molecule has 4 nitrogen and oxygen atoms in total. The van der Waals surface area contributed by atoms with Gasteiger partial charge >= 0.3 is 0 Å². The first kappa shape index (κ1) is 29.1. The van der Waals surface area contributed by atoms with E-state index in [0.717, 1.165) is 37.7 Å². The van der Waals surface area contributed by atoms with Crippen LogP contribution in [-0.4, -0.2) is 34.6 Å². The Morgan fingerprint density at radius 1 is 0.923 bits per heavy atom. The summed E-state index contributed by atoms with van der Waals surface area (Å²) in [6.07, 6.45) is 5.38. The fourth-order valence-electron chi connectivity index (χ4n) is 4.90. The van der Waals surface area contributed by atoms with Crippen molar-refractivity contribution in [3.05, 3.63) is 106 Å². The first-order valence-corrected chi connectivity index (χ1v) is 14.8. The van der Waals surface area contributed by atoms with E-state index < -0.39 is 17.7 Å². The van der Waals surface area contributed by atoms with E-state index in [9.17, 15) is 18.4 Å². The second-order valence-corrected chi connectivity index (χ2v) is 11.2. The van der Waals surface area contributed by atoms with Crippen LogP contribution in [0.5, 0.6) is 0 Å². The molecule has 3 aromatic carbocycles. The molecule has 1 atom stereocenters. The number of nitrogens with one attached hydrogen (secondary N) is 1. The zero-order chi connectivity index (χ0) is 27.6. The SMILES string of the molecule is O=C(NC1CCCCC1)[C@@H](Cc1ccccc1)N(Cc1ccccc1F)C(=O)CSCc1c(F)cccc1Cl. The maximum absolute atomic E-state index is 14.7. The molecule has 0 spiro atoms. The Kier molecular flexibility index (Phi) is 10.8. The van der Waals surface area contributed by atoms with E-state index in [2.05, 4.69) is 5.32 Å². The van der Waals surface area contributed by atoms with E-state index in [1.165, 1.54) is 34.9 Å². The molecule has 1 N–H and O–H groups in total. The summed E-state index contributed by atoms with van der Waals surface area (Å²) in [6, 6.07) is 19.5. The summed E-state index contributed by atoms with van der Waals surface area (Å²) >= 11 is 7.38. The molecule has 206 valence electrons. The van der Waals surface area contributed by atoms with Crippen molar-refractivity contribution >= 4 is 35.2 Å². The lowest BCUT2D eigenvalue weighted by Crippen LogP contribution is -2.53. The van der Waals surface area contributed by atoms with Gasteiger partial charge in [-0.2, -0.15) is 0 Å². The molecule has 1 aliphatic carbocycles. The molecule has 1 saturated carbocycles. The number of hydrogen-bond acceptors (Lipinski definition) is 3. The summed E-state index contributed by atoms with van der Waals surface area (Å²) in [7, 11) is 0. The van der Waals surface area contributed by atoms with Crippen molar-refractivity contribution in [1.82, 2.24) is 10.2 Å². The molecule has 0 bridgehead atoms. The predicted molar refractivity (Wildman–Crippen MR) is 153 cm³/mol. The van der Waals surface area contributed by atoms with Gasteiger partial charge in [-0.3, -0.25) is 9.59 Å². The smallest absolute Gasteiger partial charge is 0.243 e. The summed E-state index contributed by atoms with van der Waals surface area (Å²) < 4.78 is 29.0. The lowest BCUT2D eigenvalue weighted by Gasteiger charge is -2.33. The Bertz CT molecular complexity index is 1230. The number of halogens is 3. The minimum absolute atomic E-state index is 0.0128. The largest absolute Gasteiger partial charge is 0.352 e. The van der Waals surface area contributed by atoms with Crippen LogP contribution in [0, 0.1) is 11.6 Å². The standard InChI is InChI=1S/C31H33ClF2N2O2S/c32-26-15-9-17-28(34)25(26)20-39-21-30(37)36(19-23-12-7-8-16-27(23)33)29(18-22-10-3-1-4-11-22)31(38)35-24-13-5-2-6-14-24/h1,3-4,7-12,15-17,24,29H,2,5-6,13-14,18-21H2,(H,35,38)/t29-/m1/s1. The third kappa shape index (κ3) is 8.29. The summed E-state index contributed by atoms with van der Waals surface area (Å²) in [6.45, 7) is -0.0535. The van der Waals surface area contributed by atoms with E-state index in [0.29, 0.717) is 22.6 Å². The molecule has 39 heavy (non-hydrogen) atoms. The van der Waals surface area contributed by atoms with Gasteiger partial charge < -0.3 is 10.2 Å². The van der Waals surface area contributed by atoms with Gasteiger partial charge in [-0.15, -0.1) is 11.8 Å². The first-order chi connectivity index (χ1) is 18.9. The van der Waals surface area contributed by atoms with Crippen molar-refractivity contribution in [2.75, 3.05) is 5.75 Å². The number of nitrogens with zero attached hydrogens (tertiary/aromatic N) is 1. The molecule has 0 aromatic heterocycles. The summed E-state index contributed by atoms with van der Waals surface area (Å²) in [5.41, 5.74) is 1.56. The van der Waals surface area contributed by atoms with Gasteiger partial charge in [0.1, 0.15) is 17.7 Å². The number of amides is 2. The van der Waals surface area contributed by atoms with Gasteiger partial charge in [0.15, 0.2) is 0 Å². The molecule has 1 aliphatic rings. The van der Waals surface area contributed by atoms with E-state index >= 15 is 0 Å². The maximum Gasteiger partial charge on any atom is 0.243 e. The molecule has 0 heterocycles. The summed E-state index contributed by atoms with van der Waals surface area (Å²) in [5.74, 6) is -1.25. The molecular weight excluding hydrogens is 538 g/mol. The number of carbonyl (C=O) groups is 2. The Hall–Kier alpha value is -2.90. The van der Waals surface area contributed by atoms with Gasteiger partial charge in [-0.25, -0.2) is 8.78 Å². The van der Waals surface area contributed by atoms with Crippen LogP contribution in [0.4, 0.5) is 8.78 Å². The van der Waals surface area contributed by atoms with Crippen LogP contribution < -0.4 is 5.32 Å². The van der Waals surface area contributed by atoms with Crippen LogP contribution in [0.2, 0.25) is 5.02 Å². The Balaban J connectivity index is 1.59. The number of thioether (sulfide) groups is 1. The fourth-order valence-corrected chi connectivity index (χ4v) is 6.15. The van der Waals surface area contributed by atoms with Crippen LogP contribution >= 0.6 is 23.4 Å². The van der Waals surface area contributed by atoms with Crippen LogP contribution in [0.15, 0.2) is 72.8 Å². The van der Waals surface area contributed by atoms with Gasteiger partial charge in [-0.05, 0) is 36.6 Å². The quantitative estimate of drug-likeness (QED) is 0.272. The van der Waals surface area contributed by atoms with Crippen molar-refractivity contribution in [1.29, 1.82) is 0 Å². The molecule has 4 rings (SSSR count). The highest BCUT2D eigenvalue weighted by atomic mass is 35.5. The number of benzene rings is 3. The summed E-state index contributed by atoms with van der Waals surface area (Å²) in [5, 5.41) is 3.47. The minimum atomic E-state index is -0.834. The van der Waals surface area contributed by atoms with Gasteiger partial charge in [0.25, 0.3) is 0 Å². The molecule has 0 aliphatic heterocycles. The Morgan fingerprint density at radius 3 is 2.33 bits per heavy atom. The lowest BCUT2D eigenvalue weighted by molar-refractivity contribution is -0.139. The highest BCUT2D eigenvalue weighted by Crippen LogP contribution is 2.25. The fraction of sp³-hybridized carbons (Fsp3) is 0.355. The molecule has 3 aromatic rings. The lowest BCUT2D eigenvalue weighted by atomic mass is 9.94. The van der Waals surface area contributed by atoms with Crippen LogP contribution in [0.3, 0.4) is 0 Å². The number of hydrogen-bond donors (Lipinski definition) is 1. The second kappa shape index (κ2) is 14.5. The first-order valence-electron chi connectivity index (χ1n) is 13.3. The van der Waals surface area contributed by atoms with Crippen molar-refractivity contribution < 1.29 is 18.4 Å². The molecule has 2 amide bonds. The summed E-state index contributed by atoms with van der Waals surface area (Å²) in [4.78, 5) is 28.9. The Labute approximate surface area is 238 Å². The van der Waals surface area contributed by atoms with Crippen LogP contribution in [0.1, 0.15) is 48.8 Å². The van der Waals surface area contributed by atoms with Crippen molar-refractivity contribution in [3.8, 4) is 0 Å². The maximum atomic E-state index is 14.7. The van der Waals surface area contributed by atoms with E-state index in [-0.39, 0.29) is 35.9 Å². The highest BCUT2D eigenvalue weighted by Gasteiger charge is 2.32. The predicted octanol–water partition coefficient (Wildman–Crippen LogP) is 6.94. The Morgan fingerprint density at radius 2 is 1.62 bits per heavy atom. The van der Waals surface area contributed by atoms with E-state index in [1.807, 2.05) is 30.3 Å². The average Bonchev–Trinajstić information content (AvgIpc) is 2.94. The normalized spacial score (nSPS) is 14.5. The molecule has 0 saturated heterocycles. The van der Waals surface area contributed by atoms with Crippen LogP contribution in [-0.2, 0) is 28.3 Å². The van der Waals surface area contributed by atoms with Gasteiger partial charge in [0.05, 0.1) is 5.75 Å². The molecule has 0 radical (unpaired) electrons. The van der Waals surface area contributed by atoms with Crippen molar-refractivity contribution in [3.63, 3.8) is 0 Å². The van der Waals surface area contributed by atoms with Crippen LogP contribution in [0.25, 0.3) is 0 Å². The van der Waals surface area contributed by atoms with E-state index in [1.54, 1.807) is 24.3 Å². The number of rotatable bonds is 11. The van der Waals surface area contributed by atoms with Gasteiger partial charge in [0, 0.05) is 40.9 Å². The monoisotopic (exact) mass is 570 g/mol.